The van der Waals surface area contributed by atoms with Gasteiger partial charge in [-0.3, -0.25) is 0 Å². The number of benzene rings is 1. The number of rotatable bonds is 1. The SMILES string of the molecule is Fc1ccc([C@H]2CNCCO2)cc1Br. The van der Waals surface area contributed by atoms with Crippen molar-refractivity contribution in [2.24, 2.45) is 0 Å². The number of ether oxygens (including phenoxy) is 1. The van der Waals surface area contributed by atoms with Gasteiger partial charge in [-0.1, -0.05) is 6.07 Å². The molecule has 0 bridgehead atoms. The lowest BCUT2D eigenvalue weighted by Gasteiger charge is -2.24. The molecule has 2 nitrogen and oxygen atoms in total. The van der Waals surface area contributed by atoms with Crippen LogP contribution >= 0.6 is 15.9 Å². The van der Waals surface area contributed by atoms with Gasteiger partial charge in [-0.25, -0.2) is 4.39 Å². The van der Waals surface area contributed by atoms with Crippen molar-refractivity contribution in [1.82, 2.24) is 5.32 Å². The van der Waals surface area contributed by atoms with Crippen LogP contribution in [0, 0.1) is 5.82 Å². The van der Waals surface area contributed by atoms with Gasteiger partial charge < -0.3 is 10.1 Å². The minimum absolute atomic E-state index is 0.0423. The van der Waals surface area contributed by atoms with Gasteiger partial charge in [0.05, 0.1) is 17.2 Å². The molecule has 2 rings (SSSR count). The van der Waals surface area contributed by atoms with E-state index < -0.39 is 0 Å². The number of hydrogen-bond acceptors (Lipinski definition) is 2. The molecular weight excluding hydrogens is 249 g/mol. The highest BCUT2D eigenvalue weighted by molar-refractivity contribution is 9.10. The molecule has 1 heterocycles. The normalized spacial score (nSPS) is 22.3. The van der Waals surface area contributed by atoms with Gasteiger partial charge in [0.25, 0.3) is 0 Å². The smallest absolute Gasteiger partial charge is 0.137 e. The Hall–Kier alpha value is -0.450. The summed E-state index contributed by atoms with van der Waals surface area (Å²) in [6.45, 7) is 2.39. The van der Waals surface area contributed by atoms with Crippen molar-refractivity contribution in [2.45, 2.75) is 6.10 Å². The fourth-order valence-corrected chi connectivity index (χ4v) is 1.89. The standard InChI is InChI=1S/C10H11BrFNO/c11-8-5-7(1-2-9(8)12)10-6-13-3-4-14-10/h1-2,5,10,13H,3-4,6H2/t10-/m1/s1. The highest BCUT2D eigenvalue weighted by Gasteiger charge is 2.16. The lowest BCUT2D eigenvalue weighted by molar-refractivity contribution is 0.0276. The Kier molecular flexibility index (Phi) is 3.15. The molecule has 1 aliphatic heterocycles. The number of nitrogens with one attached hydrogen (secondary N) is 1. The fourth-order valence-electron chi connectivity index (χ4n) is 1.49. The van der Waals surface area contributed by atoms with Crippen LogP contribution < -0.4 is 5.32 Å². The first kappa shape index (κ1) is 10.1. The van der Waals surface area contributed by atoms with Crippen LogP contribution in [0.2, 0.25) is 0 Å². The monoisotopic (exact) mass is 259 g/mol. The molecule has 1 aromatic rings. The molecule has 1 aliphatic rings. The van der Waals surface area contributed by atoms with Crippen molar-refractivity contribution in [3.63, 3.8) is 0 Å². The average Bonchev–Trinajstić information content (AvgIpc) is 2.23. The summed E-state index contributed by atoms with van der Waals surface area (Å²) >= 11 is 3.16. The summed E-state index contributed by atoms with van der Waals surface area (Å²) in [7, 11) is 0. The number of morpholine rings is 1. The summed E-state index contributed by atoms with van der Waals surface area (Å²) < 4.78 is 19.0. The van der Waals surface area contributed by atoms with E-state index >= 15 is 0 Å². The van der Waals surface area contributed by atoms with Crippen LogP contribution in [0.15, 0.2) is 22.7 Å². The van der Waals surface area contributed by atoms with Gasteiger partial charge in [0, 0.05) is 13.1 Å². The van der Waals surface area contributed by atoms with Crippen LogP contribution in [0.25, 0.3) is 0 Å². The van der Waals surface area contributed by atoms with Crippen LogP contribution in [0.4, 0.5) is 4.39 Å². The summed E-state index contributed by atoms with van der Waals surface area (Å²) in [6.07, 6.45) is 0.0423. The van der Waals surface area contributed by atoms with Crippen molar-refractivity contribution in [2.75, 3.05) is 19.7 Å². The molecule has 14 heavy (non-hydrogen) atoms. The van der Waals surface area contributed by atoms with E-state index in [2.05, 4.69) is 21.2 Å². The van der Waals surface area contributed by atoms with Gasteiger partial charge in [0.2, 0.25) is 0 Å². The van der Waals surface area contributed by atoms with E-state index in [1.807, 2.05) is 0 Å². The summed E-state index contributed by atoms with van der Waals surface area (Å²) in [5.74, 6) is -0.238. The van der Waals surface area contributed by atoms with E-state index in [1.165, 1.54) is 6.07 Å². The Balaban J connectivity index is 2.18. The van der Waals surface area contributed by atoms with E-state index in [9.17, 15) is 4.39 Å². The van der Waals surface area contributed by atoms with Crippen molar-refractivity contribution in [3.8, 4) is 0 Å². The lowest BCUT2D eigenvalue weighted by atomic mass is 10.1. The molecule has 1 aromatic carbocycles. The summed E-state index contributed by atoms with van der Waals surface area (Å²) in [5, 5.41) is 3.23. The maximum atomic E-state index is 13.0. The van der Waals surface area contributed by atoms with Gasteiger partial charge >= 0.3 is 0 Å². The average molecular weight is 260 g/mol. The third kappa shape index (κ3) is 2.13. The van der Waals surface area contributed by atoms with E-state index in [0.717, 1.165) is 18.7 Å². The van der Waals surface area contributed by atoms with Crippen molar-refractivity contribution in [3.05, 3.63) is 34.1 Å². The fraction of sp³-hybridized carbons (Fsp3) is 0.400. The third-order valence-corrected chi connectivity index (χ3v) is 2.85. The predicted molar refractivity (Wildman–Crippen MR) is 55.7 cm³/mol. The molecule has 1 fully saturated rings. The molecule has 0 amide bonds. The quantitative estimate of drug-likeness (QED) is 0.836. The largest absolute Gasteiger partial charge is 0.371 e. The highest BCUT2D eigenvalue weighted by Crippen LogP contribution is 2.24. The Morgan fingerprint density at radius 2 is 2.36 bits per heavy atom. The van der Waals surface area contributed by atoms with E-state index in [4.69, 9.17) is 4.74 Å². The molecule has 0 saturated carbocycles. The Labute approximate surface area is 90.6 Å². The summed E-state index contributed by atoms with van der Waals surface area (Å²) in [6, 6.07) is 4.99. The third-order valence-electron chi connectivity index (χ3n) is 2.24. The van der Waals surface area contributed by atoms with Crippen LogP contribution in [0.5, 0.6) is 0 Å². The first-order chi connectivity index (χ1) is 6.77. The molecule has 0 unspecified atom stereocenters. The van der Waals surface area contributed by atoms with Crippen LogP contribution in [0.1, 0.15) is 11.7 Å². The van der Waals surface area contributed by atoms with E-state index in [1.54, 1.807) is 12.1 Å². The molecule has 1 atom stereocenters. The Bertz CT molecular complexity index is 326. The second kappa shape index (κ2) is 4.38. The molecule has 0 aromatic heterocycles. The first-order valence-electron chi connectivity index (χ1n) is 4.54. The second-order valence-electron chi connectivity index (χ2n) is 3.24. The van der Waals surface area contributed by atoms with Gasteiger partial charge in [0.1, 0.15) is 5.82 Å². The number of halogens is 2. The molecule has 0 radical (unpaired) electrons. The van der Waals surface area contributed by atoms with Gasteiger partial charge in [-0.05, 0) is 33.6 Å². The van der Waals surface area contributed by atoms with Crippen LogP contribution in [-0.4, -0.2) is 19.7 Å². The molecule has 0 aliphatic carbocycles. The lowest BCUT2D eigenvalue weighted by Crippen LogP contribution is -2.33. The van der Waals surface area contributed by atoms with Crippen molar-refractivity contribution >= 4 is 15.9 Å². The van der Waals surface area contributed by atoms with Crippen LogP contribution in [0.3, 0.4) is 0 Å². The predicted octanol–water partition coefficient (Wildman–Crippen LogP) is 2.25. The minimum Gasteiger partial charge on any atom is -0.371 e. The van der Waals surface area contributed by atoms with Crippen molar-refractivity contribution in [1.29, 1.82) is 0 Å². The second-order valence-corrected chi connectivity index (χ2v) is 4.09. The van der Waals surface area contributed by atoms with Gasteiger partial charge in [0.15, 0.2) is 0 Å². The maximum absolute atomic E-state index is 13.0. The highest BCUT2D eigenvalue weighted by atomic mass is 79.9. The van der Waals surface area contributed by atoms with Crippen LogP contribution in [-0.2, 0) is 4.74 Å². The van der Waals surface area contributed by atoms with Gasteiger partial charge in [-0.15, -0.1) is 0 Å². The Morgan fingerprint density at radius 3 is 3.00 bits per heavy atom. The molecule has 1 saturated heterocycles. The molecule has 0 spiro atoms. The summed E-state index contributed by atoms with van der Waals surface area (Å²) in [5.41, 5.74) is 1.01. The van der Waals surface area contributed by atoms with E-state index in [0.29, 0.717) is 11.1 Å². The first-order valence-corrected chi connectivity index (χ1v) is 5.34. The topological polar surface area (TPSA) is 21.3 Å². The minimum atomic E-state index is -0.238. The van der Waals surface area contributed by atoms with Crippen molar-refractivity contribution < 1.29 is 9.13 Å². The van der Waals surface area contributed by atoms with E-state index in [-0.39, 0.29) is 11.9 Å². The van der Waals surface area contributed by atoms with Gasteiger partial charge in [-0.2, -0.15) is 0 Å². The number of hydrogen-bond donors (Lipinski definition) is 1. The molecule has 76 valence electrons. The zero-order valence-electron chi connectivity index (χ0n) is 7.59. The molecule has 4 heteroatoms. The molecular formula is C10H11BrFNO. The molecule has 1 N–H and O–H groups in total. The Morgan fingerprint density at radius 1 is 1.50 bits per heavy atom. The zero-order valence-corrected chi connectivity index (χ0v) is 9.18. The summed E-state index contributed by atoms with van der Waals surface area (Å²) in [4.78, 5) is 0. The maximum Gasteiger partial charge on any atom is 0.137 e. The zero-order chi connectivity index (χ0) is 9.97.